The van der Waals surface area contributed by atoms with E-state index in [4.69, 9.17) is 5.73 Å². The molecule has 1 aromatic heterocycles. The molecule has 0 aliphatic rings. The standard InChI is InChI=1S/C10H11F3N2O4/c1-2-18-9(17)7-8(19-10(11,12)13)6(16)3-5(4-14)15-7/h3H,2,4,14H2,1H3,(H,15,16). The Morgan fingerprint density at radius 3 is 2.58 bits per heavy atom. The first kappa shape index (κ1) is 15.0. The quantitative estimate of drug-likeness (QED) is 0.799. The fraction of sp³-hybridized carbons (Fsp3) is 0.400. The first-order chi connectivity index (χ1) is 8.78. The average Bonchev–Trinajstić information content (AvgIpc) is 2.30. The molecule has 0 aromatic carbocycles. The Balaban J connectivity index is 3.34. The minimum atomic E-state index is -5.10. The van der Waals surface area contributed by atoms with Crippen LogP contribution in [-0.2, 0) is 11.3 Å². The number of rotatable bonds is 4. The Hall–Kier alpha value is -2.03. The maximum absolute atomic E-state index is 12.2. The zero-order chi connectivity index (χ0) is 14.6. The van der Waals surface area contributed by atoms with Gasteiger partial charge in [-0.2, -0.15) is 0 Å². The molecule has 3 N–H and O–H groups in total. The zero-order valence-electron chi connectivity index (χ0n) is 9.84. The largest absolute Gasteiger partial charge is 0.573 e. The van der Waals surface area contributed by atoms with Gasteiger partial charge in [0, 0.05) is 18.3 Å². The number of nitrogens with one attached hydrogen (secondary N) is 1. The summed E-state index contributed by atoms with van der Waals surface area (Å²) in [6.07, 6.45) is -5.10. The van der Waals surface area contributed by atoms with Gasteiger partial charge >= 0.3 is 12.3 Å². The minimum Gasteiger partial charge on any atom is -0.461 e. The molecular formula is C10H11F3N2O4. The van der Waals surface area contributed by atoms with Crippen LogP contribution in [-0.4, -0.2) is 23.9 Å². The second-order valence-corrected chi connectivity index (χ2v) is 3.34. The average molecular weight is 280 g/mol. The van der Waals surface area contributed by atoms with E-state index >= 15 is 0 Å². The fourth-order valence-electron chi connectivity index (χ4n) is 1.27. The summed E-state index contributed by atoms with van der Waals surface area (Å²) in [5.41, 5.74) is 3.51. The molecule has 1 aromatic rings. The molecule has 9 heteroatoms. The number of hydrogen-bond donors (Lipinski definition) is 2. The van der Waals surface area contributed by atoms with Gasteiger partial charge in [0.1, 0.15) is 0 Å². The molecule has 0 aliphatic heterocycles. The molecule has 0 saturated heterocycles. The second-order valence-electron chi connectivity index (χ2n) is 3.34. The molecule has 0 spiro atoms. The van der Waals surface area contributed by atoms with E-state index in [2.05, 4.69) is 14.5 Å². The van der Waals surface area contributed by atoms with Crippen LogP contribution in [0, 0.1) is 0 Å². The summed E-state index contributed by atoms with van der Waals surface area (Å²) in [4.78, 5) is 25.3. The normalized spacial score (nSPS) is 11.2. The van der Waals surface area contributed by atoms with Crippen LogP contribution in [0.2, 0.25) is 0 Å². The number of aromatic amines is 1. The van der Waals surface area contributed by atoms with Crippen molar-refractivity contribution in [3.05, 3.63) is 27.7 Å². The lowest BCUT2D eigenvalue weighted by Crippen LogP contribution is -2.26. The highest BCUT2D eigenvalue weighted by molar-refractivity contribution is 5.90. The molecule has 0 fully saturated rings. The molecule has 0 bridgehead atoms. The van der Waals surface area contributed by atoms with E-state index in [9.17, 15) is 22.8 Å². The molecule has 0 atom stereocenters. The highest BCUT2D eigenvalue weighted by Crippen LogP contribution is 2.23. The Kier molecular flexibility index (Phi) is 4.54. The zero-order valence-corrected chi connectivity index (χ0v) is 9.84. The van der Waals surface area contributed by atoms with Crippen molar-refractivity contribution in [2.75, 3.05) is 6.61 Å². The summed E-state index contributed by atoms with van der Waals surface area (Å²) < 4.78 is 44.6. The molecule has 1 heterocycles. The Morgan fingerprint density at radius 1 is 1.47 bits per heavy atom. The predicted octanol–water partition coefficient (Wildman–Crippen LogP) is 0.909. The summed E-state index contributed by atoms with van der Waals surface area (Å²) in [6, 6.07) is 0.823. The van der Waals surface area contributed by atoms with Gasteiger partial charge in [-0.1, -0.05) is 0 Å². The molecule has 6 nitrogen and oxygen atoms in total. The molecule has 0 unspecified atom stereocenters. The smallest absolute Gasteiger partial charge is 0.461 e. The van der Waals surface area contributed by atoms with Crippen LogP contribution in [0.25, 0.3) is 0 Å². The maximum atomic E-state index is 12.2. The number of ether oxygens (including phenoxy) is 2. The topological polar surface area (TPSA) is 94.4 Å². The van der Waals surface area contributed by atoms with E-state index in [0.717, 1.165) is 6.07 Å². The second kappa shape index (κ2) is 5.74. The Bertz CT molecular complexity index is 524. The Labute approximate surface area is 105 Å². The molecule has 19 heavy (non-hydrogen) atoms. The van der Waals surface area contributed by atoms with Crippen LogP contribution >= 0.6 is 0 Å². The number of H-pyrrole nitrogens is 1. The number of halogens is 3. The van der Waals surface area contributed by atoms with Gasteiger partial charge in [-0.25, -0.2) is 4.79 Å². The van der Waals surface area contributed by atoms with Gasteiger partial charge in [0.25, 0.3) is 0 Å². The van der Waals surface area contributed by atoms with Gasteiger partial charge in [-0.3, -0.25) is 4.79 Å². The summed E-state index contributed by atoms with van der Waals surface area (Å²) in [7, 11) is 0. The van der Waals surface area contributed by atoms with E-state index in [1.807, 2.05) is 0 Å². The van der Waals surface area contributed by atoms with Crippen molar-refractivity contribution >= 4 is 5.97 Å². The van der Waals surface area contributed by atoms with Gasteiger partial charge in [0.05, 0.1) is 6.61 Å². The van der Waals surface area contributed by atoms with E-state index in [1.165, 1.54) is 6.92 Å². The van der Waals surface area contributed by atoms with Crippen LogP contribution in [0.15, 0.2) is 10.9 Å². The van der Waals surface area contributed by atoms with Crippen LogP contribution in [0.1, 0.15) is 23.1 Å². The summed E-state index contributed by atoms with van der Waals surface area (Å²) in [5.74, 6) is -2.29. The maximum Gasteiger partial charge on any atom is 0.573 e. The van der Waals surface area contributed by atoms with Gasteiger partial charge in [0.15, 0.2) is 5.69 Å². The van der Waals surface area contributed by atoms with Crippen molar-refractivity contribution in [2.45, 2.75) is 19.8 Å². The van der Waals surface area contributed by atoms with E-state index < -0.39 is 29.2 Å². The number of aromatic nitrogens is 1. The first-order valence-corrected chi connectivity index (χ1v) is 5.17. The van der Waals surface area contributed by atoms with Crippen molar-refractivity contribution < 1.29 is 27.4 Å². The molecule has 0 amide bonds. The number of carbonyl (C=O) groups excluding carboxylic acids is 1. The summed E-state index contributed by atoms with van der Waals surface area (Å²) in [6.45, 7) is 1.24. The van der Waals surface area contributed by atoms with Crippen molar-refractivity contribution in [1.29, 1.82) is 0 Å². The lowest BCUT2D eigenvalue weighted by Gasteiger charge is -2.12. The number of carbonyl (C=O) groups is 1. The number of pyridine rings is 1. The van der Waals surface area contributed by atoms with Gasteiger partial charge in [0.2, 0.25) is 11.2 Å². The lowest BCUT2D eigenvalue weighted by molar-refractivity contribution is -0.275. The van der Waals surface area contributed by atoms with E-state index in [-0.39, 0.29) is 18.8 Å². The minimum absolute atomic E-state index is 0.0703. The molecule has 0 radical (unpaired) electrons. The molecule has 0 aliphatic carbocycles. The van der Waals surface area contributed by atoms with Crippen molar-refractivity contribution in [3.8, 4) is 5.75 Å². The van der Waals surface area contributed by atoms with Crippen LogP contribution in [0.3, 0.4) is 0 Å². The predicted molar refractivity (Wildman–Crippen MR) is 57.6 cm³/mol. The van der Waals surface area contributed by atoms with Crippen molar-refractivity contribution in [2.24, 2.45) is 5.73 Å². The molecule has 106 valence electrons. The monoisotopic (exact) mass is 280 g/mol. The van der Waals surface area contributed by atoms with E-state index in [0.29, 0.717) is 0 Å². The molecule has 0 saturated carbocycles. The third kappa shape index (κ3) is 3.98. The van der Waals surface area contributed by atoms with E-state index in [1.54, 1.807) is 0 Å². The number of nitrogens with two attached hydrogens (primary N) is 1. The highest BCUT2D eigenvalue weighted by Gasteiger charge is 2.35. The van der Waals surface area contributed by atoms with Crippen LogP contribution in [0.5, 0.6) is 5.75 Å². The Morgan fingerprint density at radius 2 is 2.11 bits per heavy atom. The van der Waals surface area contributed by atoms with Crippen molar-refractivity contribution in [3.63, 3.8) is 0 Å². The van der Waals surface area contributed by atoms with Crippen LogP contribution in [0.4, 0.5) is 13.2 Å². The number of hydrogen-bond acceptors (Lipinski definition) is 5. The van der Waals surface area contributed by atoms with Gasteiger partial charge in [-0.05, 0) is 6.92 Å². The molecule has 1 rings (SSSR count). The summed E-state index contributed by atoms with van der Waals surface area (Å²) >= 11 is 0. The van der Waals surface area contributed by atoms with Gasteiger partial charge < -0.3 is 20.2 Å². The SMILES string of the molecule is CCOC(=O)c1[nH]c(CN)cc(=O)c1OC(F)(F)F. The third-order valence-electron chi connectivity index (χ3n) is 1.96. The molecular weight excluding hydrogens is 269 g/mol. The third-order valence-corrected chi connectivity index (χ3v) is 1.96. The van der Waals surface area contributed by atoms with Crippen LogP contribution < -0.4 is 15.9 Å². The lowest BCUT2D eigenvalue weighted by atomic mass is 10.2. The van der Waals surface area contributed by atoms with Gasteiger partial charge in [-0.15, -0.1) is 13.2 Å². The number of alkyl halides is 3. The highest BCUT2D eigenvalue weighted by atomic mass is 19.4. The number of esters is 1. The first-order valence-electron chi connectivity index (χ1n) is 5.17. The van der Waals surface area contributed by atoms with Crippen molar-refractivity contribution in [1.82, 2.24) is 4.98 Å². The summed E-state index contributed by atoms with van der Waals surface area (Å²) in [5, 5.41) is 0. The fourth-order valence-corrected chi connectivity index (χ4v) is 1.27.